The van der Waals surface area contributed by atoms with Gasteiger partial charge in [-0.25, -0.2) is 4.39 Å². The van der Waals surface area contributed by atoms with Crippen LogP contribution in [-0.2, 0) is 16.2 Å². The molecule has 0 aliphatic carbocycles. The second-order valence-electron chi connectivity index (χ2n) is 4.22. The van der Waals surface area contributed by atoms with Gasteiger partial charge in [0.1, 0.15) is 11.9 Å². The van der Waals surface area contributed by atoms with Crippen LogP contribution in [0.4, 0.5) is 4.39 Å². The van der Waals surface area contributed by atoms with Gasteiger partial charge in [-0.2, -0.15) is 5.06 Å². The first-order chi connectivity index (χ1) is 8.70. The molecular formula is C13H17FN2O2. The maximum absolute atomic E-state index is 13.1. The molecular weight excluding hydrogens is 235 g/mol. The van der Waals surface area contributed by atoms with Gasteiger partial charge in [-0.1, -0.05) is 12.1 Å². The lowest BCUT2D eigenvalue weighted by Crippen LogP contribution is -2.40. The smallest absolute Gasteiger partial charge is 0.239 e. The Morgan fingerprint density at radius 3 is 3.00 bits per heavy atom. The Balaban J connectivity index is 2.08. The van der Waals surface area contributed by atoms with Gasteiger partial charge >= 0.3 is 0 Å². The molecule has 1 saturated heterocycles. The average molecular weight is 252 g/mol. The molecule has 1 fully saturated rings. The Bertz CT molecular complexity index is 425. The second-order valence-corrected chi connectivity index (χ2v) is 4.22. The van der Waals surface area contributed by atoms with E-state index in [1.165, 1.54) is 12.1 Å². The SMILES string of the molecule is CCON(Cc1cccc(F)c1)C1CCNC1=O. The van der Waals surface area contributed by atoms with Crippen molar-refractivity contribution in [1.29, 1.82) is 0 Å². The van der Waals surface area contributed by atoms with Gasteiger partial charge in [-0.3, -0.25) is 9.63 Å². The third-order valence-corrected chi connectivity index (χ3v) is 2.89. The van der Waals surface area contributed by atoms with Gasteiger partial charge < -0.3 is 5.32 Å². The molecule has 1 N–H and O–H groups in total. The largest absolute Gasteiger partial charge is 0.355 e. The average Bonchev–Trinajstić information content (AvgIpc) is 2.75. The Morgan fingerprint density at radius 2 is 2.39 bits per heavy atom. The van der Waals surface area contributed by atoms with Crippen LogP contribution in [0.1, 0.15) is 18.9 Å². The van der Waals surface area contributed by atoms with E-state index in [-0.39, 0.29) is 17.8 Å². The molecule has 98 valence electrons. The Labute approximate surface area is 106 Å². The predicted octanol–water partition coefficient (Wildman–Crippen LogP) is 1.47. The first-order valence-electron chi connectivity index (χ1n) is 6.12. The highest BCUT2D eigenvalue weighted by atomic mass is 19.1. The first kappa shape index (κ1) is 13.0. The number of hydroxylamine groups is 2. The van der Waals surface area contributed by atoms with Crippen LogP contribution in [0.5, 0.6) is 0 Å². The van der Waals surface area contributed by atoms with Crippen molar-refractivity contribution in [3.05, 3.63) is 35.6 Å². The molecule has 1 aliphatic rings. The van der Waals surface area contributed by atoms with E-state index < -0.39 is 0 Å². The highest BCUT2D eigenvalue weighted by Crippen LogP contribution is 2.15. The summed E-state index contributed by atoms with van der Waals surface area (Å²) in [4.78, 5) is 17.1. The molecule has 1 amide bonds. The monoisotopic (exact) mass is 252 g/mol. The van der Waals surface area contributed by atoms with E-state index >= 15 is 0 Å². The minimum atomic E-state index is -0.284. The molecule has 0 aromatic heterocycles. The number of hydrogen-bond donors (Lipinski definition) is 1. The first-order valence-corrected chi connectivity index (χ1v) is 6.12. The van der Waals surface area contributed by atoms with Crippen molar-refractivity contribution in [3.63, 3.8) is 0 Å². The van der Waals surface area contributed by atoms with E-state index in [1.807, 2.05) is 13.0 Å². The Kier molecular flexibility index (Phi) is 4.28. The highest BCUT2D eigenvalue weighted by Gasteiger charge is 2.31. The van der Waals surface area contributed by atoms with Crippen LogP contribution in [0.25, 0.3) is 0 Å². The summed E-state index contributed by atoms with van der Waals surface area (Å²) in [7, 11) is 0. The molecule has 1 aromatic rings. The summed E-state index contributed by atoms with van der Waals surface area (Å²) in [6.45, 7) is 3.42. The summed E-state index contributed by atoms with van der Waals surface area (Å²) in [5, 5.41) is 4.41. The molecule has 1 heterocycles. The summed E-state index contributed by atoms with van der Waals surface area (Å²) in [5.74, 6) is -0.306. The minimum Gasteiger partial charge on any atom is -0.355 e. The van der Waals surface area contributed by atoms with Crippen molar-refractivity contribution in [3.8, 4) is 0 Å². The summed E-state index contributed by atoms with van der Waals surface area (Å²) in [6, 6.07) is 6.05. The maximum Gasteiger partial charge on any atom is 0.239 e. The minimum absolute atomic E-state index is 0.0279. The van der Waals surface area contributed by atoms with Crippen molar-refractivity contribution in [2.45, 2.75) is 25.9 Å². The fraction of sp³-hybridized carbons (Fsp3) is 0.462. The van der Waals surface area contributed by atoms with E-state index in [2.05, 4.69) is 5.32 Å². The third-order valence-electron chi connectivity index (χ3n) is 2.89. The third kappa shape index (κ3) is 3.05. The van der Waals surface area contributed by atoms with Gasteiger partial charge in [0, 0.05) is 6.54 Å². The molecule has 5 heteroatoms. The van der Waals surface area contributed by atoms with Crippen LogP contribution >= 0.6 is 0 Å². The summed E-state index contributed by atoms with van der Waals surface area (Å²) in [6.07, 6.45) is 0.716. The van der Waals surface area contributed by atoms with Gasteiger partial charge in [0.2, 0.25) is 5.91 Å². The zero-order chi connectivity index (χ0) is 13.0. The van der Waals surface area contributed by atoms with E-state index in [0.29, 0.717) is 26.1 Å². The number of nitrogens with zero attached hydrogens (tertiary/aromatic N) is 1. The number of hydrogen-bond acceptors (Lipinski definition) is 3. The van der Waals surface area contributed by atoms with Crippen LogP contribution in [0.3, 0.4) is 0 Å². The molecule has 0 radical (unpaired) electrons. The van der Waals surface area contributed by atoms with E-state index in [0.717, 1.165) is 5.56 Å². The van der Waals surface area contributed by atoms with Crippen molar-refractivity contribution in [2.75, 3.05) is 13.2 Å². The van der Waals surface area contributed by atoms with E-state index in [9.17, 15) is 9.18 Å². The zero-order valence-corrected chi connectivity index (χ0v) is 10.4. The molecule has 18 heavy (non-hydrogen) atoms. The molecule has 4 nitrogen and oxygen atoms in total. The fourth-order valence-electron chi connectivity index (χ4n) is 2.08. The standard InChI is InChI=1S/C13H17FN2O2/c1-2-18-16(12-6-7-15-13(12)17)9-10-4-3-5-11(14)8-10/h3-5,8,12H,2,6-7,9H2,1H3,(H,15,17). The van der Waals surface area contributed by atoms with Crippen molar-refractivity contribution < 1.29 is 14.0 Å². The summed E-state index contributed by atoms with van der Waals surface area (Å²) in [5.41, 5.74) is 0.795. The van der Waals surface area contributed by atoms with E-state index in [1.54, 1.807) is 11.1 Å². The number of benzene rings is 1. The molecule has 0 spiro atoms. The lowest BCUT2D eigenvalue weighted by atomic mass is 10.2. The Hall–Kier alpha value is -1.46. The van der Waals surface area contributed by atoms with Crippen LogP contribution in [0.15, 0.2) is 24.3 Å². The maximum atomic E-state index is 13.1. The lowest BCUT2D eigenvalue weighted by Gasteiger charge is -2.25. The number of halogens is 1. The van der Waals surface area contributed by atoms with Crippen LogP contribution < -0.4 is 5.32 Å². The molecule has 1 atom stereocenters. The lowest BCUT2D eigenvalue weighted by molar-refractivity contribution is -0.190. The quantitative estimate of drug-likeness (QED) is 0.807. The van der Waals surface area contributed by atoms with Crippen LogP contribution in [0.2, 0.25) is 0 Å². The second kappa shape index (κ2) is 5.93. The van der Waals surface area contributed by atoms with Gasteiger partial charge in [0.05, 0.1) is 13.2 Å². The number of amides is 1. The van der Waals surface area contributed by atoms with E-state index in [4.69, 9.17) is 4.84 Å². The summed E-state index contributed by atoms with van der Waals surface area (Å²) < 4.78 is 13.1. The van der Waals surface area contributed by atoms with Crippen molar-refractivity contribution >= 4 is 5.91 Å². The van der Waals surface area contributed by atoms with Gasteiger partial charge in [0.15, 0.2) is 0 Å². The molecule has 1 aromatic carbocycles. The predicted molar refractivity (Wildman–Crippen MR) is 65.0 cm³/mol. The number of rotatable bonds is 5. The molecule has 1 aliphatic heterocycles. The molecule has 2 rings (SSSR count). The fourth-order valence-corrected chi connectivity index (χ4v) is 2.08. The highest BCUT2D eigenvalue weighted by molar-refractivity contribution is 5.83. The van der Waals surface area contributed by atoms with Crippen molar-refractivity contribution in [1.82, 2.24) is 10.4 Å². The van der Waals surface area contributed by atoms with Crippen molar-refractivity contribution in [2.24, 2.45) is 0 Å². The zero-order valence-electron chi connectivity index (χ0n) is 10.4. The summed E-state index contributed by atoms with van der Waals surface area (Å²) >= 11 is 0. The number of nitrogens with one attached hydrogen (secondary N) is 1. The Morgan fingerprint density at radius 1 is 1.56 bits per heavy atom. The van der Waals surface area contributed by atoms with Gasteiger partial charge in [0.25, 0.3) is 0 Å². The van der Waals surface area contributed by atoms with Gasteiger partial charge in [-0.05, 0) is 31.0 Å². The molecule has 0 saturated carbocycles. The van der Waals surface area contributed by atoms with Crippen LogP contribution in [0, 0.1) is 5.82 Å². The van der Waals surface area contributed by atoms with Gasteiger partial charge in [-0.15, -0.1) is 0 Å². The normalized spacial score (nSPS) is 19.3. The number of carbonyl (C=O) groups excluding carboxylic acids is 1. The van der Waals surface area contributed by atoms with Crippen LogP contribution in [-0.4, -0.2) is 30.2 Å². The number of carbonyl (C=O) groups is 1. The molecule has 1 unspecified atom stereocenters. The topological polar surface area (TPSA) is 41.6 Å². The molecule has 0 bridgehead atoms.